The first kappa shape index (κ1) is 35.0. The van der Waals surface area contributed by atoms with Crippen molar-refractivity contribution in [2.75, 3.05) is 25.6 Å². The normalized spacial score (nSPS) is 26.3. The van der Waals surface area contributed by atoms with Crippen molar-refractivity contribution in [1.82, 2.24) is 19.5 Å². The van der Waals surface area contributed by atoms with Crippen LogP contribution in [0.5, 0.6) is 11.6 Å². The van der Waals surface area contributed by atoms with Crippen LogP contribution in [0.2, 0.25) is 0 Å². The number of benzene rings is 3. The molecule has 0 spiro atoms. The number of imidazole rings is 1. The largest absolute Gasteiger partial charge is 0.497 e. The molecular weight excluding hydrogens is 683 g/mol. The number of hydrogen-bond donors (Lipinski definition) is 1. The van der Waals surface area contributed by atoms with Gasteiger partial charge >= 0.3 is 7.82 Å². The molecule has 2 aliphatic heterocycles. The predicted octanol–water partition coefficient (Wildman–Crippen LogP) is 7.51. The highest BCUT2D eigenvalue weighted by Gasteiger charge is 2.70. The number of phosphoric ester groups is 1. The highest BCUT2D eigenvalue weighted by Crippen LogP contribution is 2.63. The summed E-state index contributed by atoms with van der Waals surface area (Å²) in [5, 5.41) is 3.59. The molecular formula is C36H38F2N5O7P. The lowest BCUT2D eigenvalue weighted by Crippen LogP contribution is -2.51. The number of anilines is 1. The number of ether oxygens (including phenoxy) is 3. The quantitative estimate of drug-likeness (QED) is 0.108. The molecule has 0 radical (unpaired) electrons. The molecule has 2 aromatic heterocycles. The van der Waals surface area contributed by atoms with Crippen LogP contribution >= 0.6 is 7.82 Å². The van der Waals surface area contributed by atoms with Gasteiger partial charge in [-0.05, 0) is 56.5 Å². The summed E-state index contributed by atoms with van der Waals surface area (Å²) >= 11 is 0. The van der Waals surface area contributed by atoms with Crippen LogP contribution in [-0.2, 0) is 28.4 Å². The molecule has 2 aliphatic rings. The van der Waals surface area contributed by atoms with Gasteiger partial charge in [-0.1, -0.05) is 72.8 Å². The summed E-state index contributed by atoms with van der Waals surface area (Å²) in [6, 6.07) is 27.2. The first-order chi connectivity index (χ1) is 24.4. The third kappa shape index (κ3) is 6.14. The van der Waals surface area contributed by atoms with Gasteiger partial charge < -0.3 is 19.5 Å². The second-order valence-corrected chi connectivity index (χ2v) is 14.3. The van der Waals surface area contributed by atoms with Gasteiger partial charge in [-0.25, -0.2) is 18.3 Å². The maximum absolute atomic E-state index is 16.9. The van der Waals surface area contributed by atoms with E-state index >= 15 is 8.78 Å². The molecule has 3 aromatic carbocycles. The van der Waals surface area contributed by atoms with Crippen molar-refractivity contribution in [3.63, 3.8) is 0 Å². The van der Waals surface area contributed by atoms with Crippen molar-refractivity contribution in [3.05, 3.63) is 108 Å². The lowest BCUT2D eigenvalue weighted by molar-refractivity contribution is -0.220. The third-order valence-corrected chi connectivity index (χ3v) is 10.4. The van der Waals surface area contributed by atoms with Gasteiger partial charge in [0.2, 0.25) is 11.8 Å². The van der Waals surface area contributed by atoms with E-state index in [1.807, 2.05) is 84.9 Å². The Kier molecular flexibility index (Phi) is 9.09. The Morgan fingerprint density at radius 3 is 2.22 bits per heavy atom. The Hall–Kier alpha value is -4.46. The van der Waals surface area contributed by atoms with Gasteiger partial charge in [0.05, 0.1) is 26.1 Å². The minimum Gasteiger partial charge on any atom is -0.497 e. The fourth-order valence-corrected chi connectivity index (χ4v) is 8.27. The Bertz CT molecular complexity index is 2010. The molecule has 268 valence electrons. The van der Waals surface area contributed by atoms with Gasteiger partial charge in [-0.15, -0.1) is 0 Å². The number of nitrogens with one attached hydrogen (secondary N) is 1. The van der Waals surface area contributed by atoms with Crippen molar-refractivity contribution in [2.45, 2.75) is 63.2 Å². The Morgan fingerprint density at radius 1 is 1.00 bits per heavy atom. The van der Waals surface area contributed by atoms with Crippen molar-refractivity contribution < 1.29 is 41.1 Å². The maximum atomic E-state index is 16.9. The number of nitrogens with zero attached hydrogens (tertiary/aromatic N) is 4. The number of halogens is 2. The van der Waals surface area contributed by atoms with Crippen LogP contribution in [0.1, 0.15) is 50.6 Å². The smallest absolute Gasteiger partial charge is 0.475 e. The lowest BCUT2D eigenvalue weighted by Gasteiger charge is -2.37. The lowest BCUT2D eigenvalue weighted by atomic mass is 9.77. The monoisotopic (exact) mass is 721 g/mol. The molecule has 0 amide bonds. The topological polar surface area (TPSA) is 128 Å². The molecule has 0 aliphatic carbocycles. The standard InChI is InChI=1S/C36H38F2N5O7P/c1-6-46-30-28-29(43(22-39-28)32-34(4,37)31-35(38,48-32)21-47-51(44,50-31)49-23(2)3)40-33(41-30)42-36(24-13-9-7-10-14-24,25-15-11-8-12-16-25)26-17-19-27(45-5)20-18-26/h7-20,22-23,31-32H,6,21H2,1-5H3,(H,40,41,42)/t31-,32+,34+,35+,51-/m0/s1. The second-order valence-electron chi connectivity index (χ2n) is 12.7. The Balaban J connectivity index is 1.38. The first-order valence-electron chi connectivity index (χ1n) is 16.5. The fourth-order valence-electron chi connectivity index (χ4n) is 6.63. The zero-order valence-electron chi connectivity index (χ0n) is 28.7. The zero-order valence-corrected chi connectivity index (χ0v) is 29.6. The average Bonchev–Trinajstić information content (AvgIpc) is 3.63. The minimum atomic E-state index is -4.30. The molecule has 12 nitrogen and oxygen atoms in total. The van der Waals surface area contributed by atoms with E-state index in [2.05, 4.69) is 10.3 Å². The number of fused-ring (bicyclic) bond motifs is 2. The van der Waals surface area contributed by atoms with Crippen LogP contribution in [0.15, 0.2) is 91.3 Å². The maximum Gasteiger partial charge on any atom is 0.475 e. The molecule has 5 aromatic rings. The predicted molar refractivity (Wildman–Crippen MR) is 184 cm³/mol. The summed E-state index contributed by atoms with van der Waals surface area (Å²) in [6.45, 7) is 5.44. The third-order valence-electron chi connectivity index (χ3n) is 8.85. The fraction of sp³-hybridized carbons (Fsp3) is 0.361. The SMILES string of the molecule is CCOc1nc(NC(c2ccccc2)(c2ccccc2)c2ccc(OC)cc2)nc2c1ncn2[C@@H]1O[C@]2(F)CO[P@@](=O)(OC(C)C)O[C@H]2[C@@]1(C)F. The van der Waals surface area contributed by atoms with E-state index in [0.29, 0.717) is 5.75 Å². The molecule has 5 atom stereocenters. The molecule has 0 unspecified atom stereocenters. The number of hydrogen-bond acceptors (Lipinski definition) is 11. The van der Waals surface area contributed by atoms with E-state index < -0.39 is 49.9 Å². The van der Waals surface area contributed by atoms with Crippen LogP contribution in [-0.4, -0.2) is 63.6 Å². The molecule has 2 saturated heterocycles. The van der Waals surface area contributed by atoms with E-state index in [0.717, 1.165) is 23.6 Å². The highest BCUT2D eigenvalue weighted by molar-refractivity contribution is 7.48. The summed E-state index contributed by atoms with van der Waals surface area (Å²) < 4.78 is 80.6. The van der Waals surface area contributed by atoms with Crippen LogP contribution in [0.4, 0.5) is 14.7 Å². The van der Waals surface area contributed by atoms with E-state index in [1.54, 1.807) is 27.9 Å². The summed E-state index contributed by atoms with van der Waals surface area (Å²) in [5.74, 6) is -1.93. The van der Waals surface area contributed by atoms with Crippen molar-refractivity contribution in [2.24, 2.45) is 0 Å². The summed E-state index contributed by atoms with van der Waals surface area (Å²) in [6.07, 6.45) is -2.97. The average molecular weight is 722 g/mol. The molecule has 0 bridgehead atoms. The van der Waals surface area contributed by atoms with Crippen molar-refractivity contribution in [3.8, 4) is 11.6 Å². The van der Waals surface area contributed by atoms with Gasteiger partial charge in [-0.3, -0.25) is 18.1 Å². The van der Waals surface area contributed by atoms with Crippen LogP contribution < -0.4 is 14.8 Å². The van der Waals surface area contributed by atoms with Crippen molar-refractivity contribution in [1.29, 1.82) is 0 Å². The van der Waals surface area contributed by atoms with Gasteiger partial charge in [0.1, 0.15) is 17.9 Å². The summed E-state index contributed by atoms with van der Waals surface area (Å²) in [4.78, 5) is 14.0. The van der Waals surface area contributed by atoms with Gasteiger partial charge in [0.25, 0.3) is 5.85 Å². The zero-order chi connectivity index (χ0) is 36.0. The summed E-state index contributed by atoms with van der Waals surface area (Å²) in [7, 11) is -2.70. The number of methoxy groups -OCH3 is 1. The molecule has 51 heavy (non-hydrogen) atoms. The van der Waals surface area contributed by atoms with Crippen LogP contribution in [0.3, 0.4) is 0 Å². The van der Waals surface area contributed by atoms with E-state index in [-0.39, 0.29) is 29.6 Å². The van der Waals surface area contributed by atoms with E-state index in [4.69, 9.17) is 37.7 Å². The number of alkyl halides is 2. The van der Waals surface area contributed by atoms with Crippen molar-refractivity contribution >= 4 is 24.9 Å². The van der Waals surface area contributed by atoms with Gasteiger partial charge in [-0.2, -0.15) is 9.97 Å². The molecule has 4 heterocycles. The Labute approximate surface area is 293 Å². The molecule has 1 N–H and O–H groups in total. The minimum absolute atomic E-state index is 0.0827. The van der Waals surface area contributed by atoms with Gasteiger partial charge in [0, 0.05) is 0 Å². The van der Waals surface area contributed by atoms with Crippen LogP contribution in [0, 0.1) is 0 Å². The Morgan fingerprint density at radius 2 is 1.63 bits per heavy atom. The molecule has 0 saturated carbocycles. The second kappa shape index (κ2) is 13.3. The van der Waals surface area contributed by atoms with Gasteiger partial charge in [0.15, 0.2) is 29.2 Å². The molecule has 7 rings (SSSR count). The summed E-state index contributed by atoms with van der Waals surface area (Å²) in [5.41, 5.74) is -0.853. The van der Waals surface area contributed by atoms with E-state index in [9.17, 15) is 4.57 Å². The first-order valence-corrected chi connectivity index (χ1v) is 18.0. The molecule has 15 heteroatoms. The number of aromatic nitrogens is 4. The highest BCUT2D eigenvalue weighted by atomic mass is 31.2. The van der Waals surface area contributed by atoms with E-state index in [1.165, 1.54) is 10.9 Å². The number of rotatable bonds is 11. The number of phosphoric acid groups is 1. The molecule has 2 fully saturated rings. The van der Waals surface area contributed by atoms with Crippen LogP contribution in [0.25, 0.3) is 11.2 Å².